The van der Waals surface area contributed by atoms with Crippen molar-refractivity contribution >= 4 is 33.2 Å². The van der Waals surface area contributed by atoms with Gasteiger partial charge in [-0.2, -0.15) is 0 Å². The number of methoxy groups -OCH3 is 1. The molecule has 0 fully saturated rings. The molecule has 0 aliphatic heterocycles. The Balaban J connectivity index is 2.06. The zero-order chi connectivity index (χ0) is 17.3. The van der Waals surface area contributed by atoms with Gasteiger partial charge in [0.25, 0.3) is 5.91 Å². The van der Waals surface area contributed by atoms with Crippen LogP contribution in [0.15, 0.2) is 41.0 Å². The van der Waals surface area contributed by atoms with Crippen LogP contribution in [-0.2, 0) is 6.42 Å². The minimum Gasteiger partial charge on any atom is -0.495 e. The van der Waals surface area contributed by atoms with Crippen LogP contribution in [-0.4, -0.2) is 22.4 Å². The number of anilines is 1. The monoisotopic (exact) mass is 387 g/mol. The van der Waals surface area contributed by atoms with Gasteiger partial charge in [0.15, 0.2) is 0 Å². The minimum absolute atomic E-state index is 0.207. The van der Waals surface area contributed by atoms with Crippen LogP contribution < -0.4 is 10.1 Å². The number of imidazole rings is 1. The molecule has 0 atom stereocenters. The summed E-state index contributed by atoms with van der Waals surface area (Å²) in [6.45, 7) is 3.96. The number of halogens is 1. The SMILES string of the molecule is CCc1nc2ccc(Br)cn2c1C(=O)Nc1cc(C)ccc1OC. The summed E-state index contributed by atoms with van der Waals surface area (Å²) in [4.78, 5) is 17.5. The van der Waals surface area contributed by atoms with E-state index in [1.165, 1.54) is 0 Å². The average molecular weight is 388 g/mol. The van der Waals surface area contributed by atoms with Gasteiger partial charge in [0.05, 0.1) is 18.5 Å². The number of nitrogens with one attached hydrogen (secondary N) is 1. The summed E-state index contributed by atoms with van der Waals surface area (Å²) in [5, 5.41) is 2.95. The van der Waals surface area contributed by atoms with E-state index in [2.05, 4.69) is 26.2 Å². The van der Waals surface area contributed by atoms with E-state index in [1.807, 2.05) is 50.4 Å². The number of rotatable bonds is 4. The number of ether oxygens (including phenoxy) is 1. The molecule has 1 aromatic carbocycles. The lowest BCUT2D eigenvalue weighted by molar-refractivity contribution is 0.102. The average Bonchev–Trinajstić information content (AvgIpc) is 2.92. The quantitative estimate of drug-likeness (QED) is 0.728. The van der Waals surface area contributed by atoms with E-state index in [4.69, 9.17) is 4.74 Å². The van der Waals surface area contributed by atoms with E-state index in [0.29, 0.717) is 23.6 Å². The summed E-state index contributed by atoms with van der Waals surface area (Å²) in [7, 11) is 1.59. The molecule has 3 aromatic rings. The molecule has 1 N–H and O–H groups in total. The number of pyridine rings is 1. The highest BCUT2D eigenvalue weighted by Gasteiger charge is 2.19. The number of hydrogen-bond acceptors (Lipinski definition) is 3. The molecule has 0 spiro atoms. The zero-order valence-electron chi connectivity index (χ0n) is 13.8. The molecule has 0 saturated carbocycles. The van der Waals surface area contributed by atoms with Gasteiger partial charge in [-0.1, -0.05) is 13.0 Å². The van der Waals surface area contributed by atoms with Crippen LogP contribution in [0.1, 0.15) is 28.7 Å². The summed E-state index contributed by atoms with van der Waals surface area (Å²) in [6, 6.07) is 9.47. The van der Waals surface area contributed by atoms with E-state index in [1.54, 1.807) is 11.5 Å². The third-order valence-corrected chi connectivity index (χ3v) is 4.28. The highest BCUT2D eigenvalue weighted by Crippen LogP contribution is 2.26. The minimum atomic E-state index is -0.207. The van der Waals surface area contributed by atoms with Crippen LogP contribution in [0.5, 0.6) is 5.75 Å². The Kier molecular flexibility index (Phi) is 4.57. The molecular weight excluding hydrogens is 370 g/mol. The van der Waals surface area contributed by atoms with Crippen molar-refractivity contribution < 1.29 is 9.53 Å². The van der Waals surface area contributed by atoms with Gasteiger partial charge in [0, 0.05) is 10.7 Å². The first-order valence-electron chi connectivity index (χ1n) is 7.66. The highest BCUT2D eigenvalue weighted by atomic mass is 79.9. The van der Waals surface area contributed by atoms with Gasteiger partial charge in [-0.15, -0.1) is 0 Å². The van der Waals surface area contributed by atoms with E-state index in [-0.39, 0.29) is 5.91 Å². The maximum absolute atomic E-state index is 12.9. The van der Waals surface area contributed by atoms with Crippen molar-refractivity contribution in [2.24, 2.45) is 0 Å². The van der Waals surface area contributed by atoms with Crippen molar-refractivity contribution in [1.29, 1.82) is 0 Å². The largest absolute Gasteiger partial charge is 0.495 e. The molecule has 6 heteroatoms. The number of benzene rings is 1. The lowest BCUT2D eigenvalue weighted by Gasteiger charge is -2.11. The molecule has 124 valence electrons. The van der Waals surface area contributed by atoms with Crippen LogP contribution in [0.3, 0.4) is 0 Å². The number of aromatic nitrogens is 2. The summed E-state index contributed by atoms with van der Waals surface area (Å²) in [6.07, 6.45) is 2.52. The second kappa shape index (κ2) is 6.65. The van der Waals surface area contributed by atoms with Crippen molar-refractivity contribution in [3.63, 3.8) is 0 Å². The van der Waals surface area contributed by atoms with Crippen molar-refractivity contribution in [2.45, 2.75) is 20.3 Å². The predicted octanol–water partition coefficient (Wildman–Crippen LogP) is 4.23. The first kappa shape index (κ1) is 16.5. The Hall–Kier alpha value is -2.34. The van der Waals surface area contributed by atoms with Crippen molar-refractivity contribution in [3.8, 4) is 5.75 Å². The fraction of sp³-hybridized carbons (Fsp3) is 0.222. The van der Waals surface area contributed by atoms with E-state index in [0.717, 1.165) is 21.4 Å². The third-order valence-electron chi connectivity index (χ3n) is 3.81. The van der Waals surface area contributed by atoms with Crippen molar-refractivity contribution in [3.05, 3.63) is 58.0 Å². The Morgan fingerprint density at radius 2 is 2.12 bits per heavy atom. The summed E-state index contributed by atoms with van der Waals surface area (Å²) in [5.74, 6) is 0.420. The maximum Gasteiger partial charge on any atom is 0.274 e. The maximum atomic E-state index is 12.9. The molecule has 2 aromatic heterocycles. The first-order valence-corrected chi connectivity index (χ1v) is 8.45. The Bertz CT molecular complexity index is 918. The van der Waals surface area contributed by atoms with Crippen LogP contribution in [0.2, 0.25) is 0 Å². The summed E-state index contributed by atoms with van der Waals surface area (Å²) >= 11 is 3.45. The third kappa shape index (κ3) is 3.01. The van der Waals surface area contributed by atoms with E-state index < -0.39 is 0 Å². The number of amides is 1. The second-order valence-corrected chi connectivity index (χ2v) is 6.41. The molecule has 0 bridgehead atoms. The molecule has 2 heterocycles. The molecule has 0 saturated heterocycles. The first-order chi connectivity index (χ1) is 11.5. The highest BCUT2D eigenvalue weighted by molar-refractivity contribution is 9.10. The van der Waals surface area contributed by atoms with Crippen LogP contribution in [0.25, 0.3) is 5.65 Å². The second-order valence-electron chi connectivity index (χ2n) is 5.49. The molecule has 0 radical (unpaired) electrons. The lowest BCUT2D eigenvalue weighted by Crippen LogP contribution is -2.17. The number of carbonyl (C=O) groups excluding carboxylic acids is 1. The normalized spacial score (nSPS) is 10.8. The van der Waals surface area contributed by atoms with Crippen LogP contribution in [0.4, 0.5) is 5.69 Å². The number of carbonyl (C=O) groups is 1. The lowest BCUT2D eigenvalue weighted by atomic mass is 10.2. The topological polar surface area (TPSA) is 55.6 Å². The molecule has 24 heavy (non-hydrogen) atoms. The fourth-order valence-electron chi connectivity index (χ4n) is 2.66. The van der Waals surface area contributed by atoms with Gasteiger partial charge >= 0.3 is 0 Å². The van der Waals surface area contributed by atoms with Gasteiger partial charge in [0.2, 0.25) is 0 Å². The summed E-state index contributed by atoms with van der Waals surface area (Å²) < 4.78 is 8.03. The van der Waals surface area contributed by atoms with Crippen LogP contribution >= 0.6 is 15.9 Å². The number of fused-ring (bicyclic) bond motifs is 1. The van der Waals surface area contributed by atoms with Gasteiger partial charge in [0.1, 0.15) is 17.1 Å². The summed E-state index contributed by atoms with van der Waals surface area (Å²) in [5.41, 5.74) is 3.74. The molecule has 5 nitrogen and oxygen atoms in total. The molecule has 0 unspecified atom stereocenters. The van der Waals surface area contributed by atoms with Crippen molar-refractivity contribution in [1.82, 2.24) is 9.38 Å². The molecule has 0 aliphatic carbocycles. The van der Waals surface area contributed by atoms with E-state index in [9.17, 15) is 4.79 Å². The molecular formula is C18H18BrN3O2. The molecule has 0 aliphatic rings. The van der Waals surface area contributed by atoms with Gasteiger partial charge < -0.3 is 10.1 Å². The Labute approximate surface area is 148 Å². The molecule has 3 rings (SSSR count). The van der Waals surface area contributed by atoms with Gasteiger partial charge in [-0.3, -0.25) is 9.20 Å². The zero-order valence-corrected chi connectivity index (χ0v) is 15.3. The molecule has 1 amide bonds. The predicted molar refractivity (Wildman–Crippen MR) is 98.0 cm³/mol. The van der Waals surface area contributed by atoms with Crippen LogP contribution in [0, 0.1) is 6.92 Å². The van der Waals surface area contributed by atoms with E-state index >= 15 is 0 Å². The van der Waals surface area contributed by atoms with Gasteiger partial charge in [-0.05, 0) is 59.1 Å². The Morgan fingerprint density at radius 3 is 2.83 bits per heavy atom. The Morgan fingerprint density at radius 1 is 1.33 bits per heavy atom. The van der Waals surface area contributed by atoms with Gasteiger partial charge in [-0.25, -0.2) is 4.98 Å². The smallest absolute Gasteiger partial charge is 0.274 e. The van der Waals surface area contributed by atoms with Crippen molar-refractivity contribution in [2.75, 3.05) is 12.4 Å². The fourth-order valence-corrected chi connectivity index (χ4v) is 2.99. The number of aryl methyl sites for hydroxylation is 2. The number of hydrogen-bond donors (Lipinski definition) is 1. The standard InChI is InChI=1S/C18H18BrN3O2/c1-4-13-17(22-10-12(19)6-8-16(22)20-13)18(23)21-14-9-11(2)5-7-15(14)24-3/h5-10H,4H2,1-3H3,(H,21,23). The number of nitrogens with zero attached hydrogens (tertiary/aromatic N) is 2.